The van der Waals surface area contributed by atoms with Crippen molar-refractivity contribution in [1.29, 1.82) is 0 Å². The molecule has 1 fully saturated rings. The van der Waals surface area contributed by atoms with E-state index in [1.165, 1.54) is 0 Å². The first-order valence-electron chi connectivity index (χ1n) is 7.43. The molecule has 1 heterocycles. The number of alkyl halides is 3. The summed E-state index contributed by atoms with van der Waals surface area (Å²) in [7, 11) is 0. The van der Waals surface area contributed by atoms with Gasteiger partial charge in [0.15, 0.2) is 0 Å². The van der Waals surface area contributed by atoms with Crippen molar-refractivity contribution in [2.75, 3.05) is 5.32 Å². The van der Waals surface area contributed by atoms with Gasteiger partial charge in [-0.15, -0.1) is 0 Å². The zero-order valence-corrected chi connectivity index (χ0v) is 12.3. The maximum atomic E-state index is 12.4. The van der Waals surface area contributed by atoms with Gasteiger partial charge in [-0.25, -0.2) is 0 Å². The average Bonchev–Trinajstić information content (AvgIpc) is 3.12. The first-order chi connectivity index (χ1) is 10.9. The number of hydrogen-bond acceptors (Lipinski definition) is 2. The van der Waals surface area contributed by atoms with Crippen LogP contribution >= 0.6 is 0 Å². The van der Waals surface area contributed by atoms with E-state index < -0.39 is 12.6 Å². The molecule has 0 spiro atoms. The van der Waals surface area contributed by atoms with Crippen LogP contribution in [0.4, 0.5) is 18.9 Å². The van der Waals surface area contributed by atoms with Gasteiger partial charge in [0, 0.05) is 23.9 Å². The number of anilines is 1. The number of amides is 1. The second kappa shape index (κ2) is 6.10. The highest BCUT2D eigenvalue weighted by molar-refractivity contribution is 5.95. The fraction of sp³-hybridized carbons (Fsp3) is 0.353. The molecule has 1 aliphatic carbocycles. The van der Waals surface area contributed by atoms with Crippen molar-refractivity contribution in [3.8, 4) is 0 Å². The summed E-state index contributed by atoms with van der Waals surface area (Å²) in [6.45, 7) is 0. The highest BCUT2D eigenvalue weighted by Crippen LogP contribution is 2.48. The summed E-state index contributed by atoms with van der Waals surface area (Å²) in [6, 6.07) is 10.2. The molecule has 1 aromatic carbocycles. The van der Waals surface area contributed by atoms with Crippen molar-refractivity contribution >= 4 is 11.6 Å². The summed E-state index contributed by atoms with van der Waals surface area (Å²) in [5, 5.41) is 2.75. The number of benzene rings is 1. The lowest BCUT2D eigenvalue weighted by atomic mass is 10.1. The van der Waals surface area contributed by atoms with E-state index in [0.717, 1.165) is 5.76 Å². The highest BCUT2D eigenvalue weighted by Gasteiger charge is 2.45. The Morgan fingerprint density at radius 3 is 2.70 bits per heavy atom. The van der Waals surface area contributed by atoms with E-state index in [1.54, 1.807) is 36.6 Å². The van der Waals surface area contributed by atoms with Crippen LogP contribution in [0.3, 0.4) is 0 Å². The van der Waals surface area contributed by atoms with Gasteiger partial charge >= 0.3 is 6.18 Å². The second-order valence-electron chi connectivity index (χ2n) is 5.73. The lowest BCUT2D eigenvalue weighted by Gasteiger charge is -2.12. The number of carbonyl (C=O) groups is 1. The minimum Gasteiger partial charge on any atom is -0.469 e. The molecular formula is C17H16F3NO2. The predicted octanol–water partition coefficient (Wildman–Crippen LogP) is 4.52. The van der Waals surface area contributed by atoms with E-state index in [4.69, 9.17) is 4.42 Å². The van der Waals surface area contributed by atoms with Crippen LogP contribution in [0, 0.1) is 5.92 Å². The monoisotopic (exact) mass is 323 g/mol. The van der Waals surface area contributed by atoms with Crippen molar-refractivity contribution in [2.45, 2.75) is 31.4 Å². The van der Waals surface area contributed by atoms with E-state index in [-0.39, 0.29) is 24.2 Å². The normalized spacial score (nSPS) is 20.3. The standard InChI is InChI=1S/C17H16F3NO2/c18-17(19,20)8-7-11-4-1-2-5-14(11)21-16(22)13-10-12(13)15-6-3-9-23-15/h1-6,9,12-13H,7-8,10H2,(H,21,22)/t12-,13-/m0/s1. The van der Waals surface area contributed by atoms with Gasteiger partial charge in [0.2, 0.25) is 5.91 Å². The van der Waals surface area contributed by atoms with Crippen molar-refractivity contribution in [3.05, 3.63) is 54.0 Å². The maximum Gasteiger partial charge on any atom is 0.389 e. The number of carbonyl (C=O) groups excluding carboxylic acids is 1. The third kappa shape index (κ3) is 3.94. The van der Waals surface area contributed by atoms with Crippen LogP contribution in [0.15, 0.2) is 47.1 Å². The van der Waals surface area contributed by atoms with Crippen LogP contribution in [0.1, 0.15) is 30.1 Å². The zero-order valence-electron chi connectivity index (χ0n) is 12.3. The molecule has 0 bridgehead atoms. The van der Waals surface area contributed by atoms with E-state index >= 15 is 0 Å². The largest absolute Gasteiger partial charge is 0.469 e. The SMILES string of the molecule is O=C(Nc1ccccc1CCC(F)(F)F)[C@H]1C[C@@H]1c1ccco1. The number of halogens is 3. The molecule has 0 radical (unpaired) electrons. The molecule has 1 aliphatic rings. The number of hydrogen-bond donors (Lipinski definition) is 1. The minimum absolute atomic E-state index is 0.0623. The van der Waals surface area contributed by atoms with Gasteiger partial charge in [-0.05, 0) is 36.6 Å². The molecule has 23 heavy (non-hydrogen) atoms. The minimum atomic E-state index is -4.21. The molecule has 6 heteroatoms. The summed E-state index contributed by atoms with van der Waals surface area (Å²) in [5.74, 6) is 0.477. The summed E-state index contributed by atoms with van der Waals surface area (Å²) >= 11 is 0. The Kier molecular flexibility index (Phi) is 4.15. The Bertz CT molecular complexity index is 679. The molecule has 0 unspecified atom stereocenters. The van der Waals surface area contributed by atoms with Crippen molar-refractivity contribution in [2.24, 2.45) is 5.92 Å². The predicted molar refractivity (Wildman–Crippen MR) is 79.0 cm³/mol. The topological polar surface area (TPSA) is 42.2 Å². The van der Waals surface area contributed by atoms with Crippen LogP contribution < -0.4 is 5.32 Å². The lowest BCUT2D eigenvalue weighted by molar-refractivity contribution is -0.133. The van der Waals surface area contributed by atoms with Gasteiger partial charge in [-0.2, -0.15) is 13.2 Å². The molecule has 1 N–H and O–H groups in total. The molecule has 3 rings (SSSR count). The Labute approximate surface area is 131 Å². The van der Waals surface area contributed by atoms with E-state index in [0.29, 0.717) is 17.7 Å². The number of furan rings is 1. The van der Waals surface area contributed by atoms with Gasteiger partial charge < -0.3 is 9.73 Å². The van der Waals surface area contributed by atoms with Crippen molar-refractivity contribution in [3.63, 3.8) is 0 Å². The average molecular weight is 323 g/mol. The fourth-order valence-corrected chi connectivity index (χ4v) is 2.66. The van der Waals surface area contributed by atoms with Crippen molar-refractivity contribution < 1.29 is 22.4 Å². The Morgan fingerprint density at radius 1 is 1.22 bits per heavy atom. The number of rotatable bonds is 5. The molecule has 0 saturated heterocycles. The smallest absolute Gasteiger partial charge is 0.389 e. The number of aryl methyl sites for hydroxylation is 1. The van der Waals surface area contributed by atoms with Crippen molar-refractivity contribution in [1.82, 2.24) is 0 Å². The van der Waals surface area contributed by atoms with Gasteiger partial charge in [-0.3, -0.25) is 4.79 Å². The molecule has 0 aliphatic heterocycles. The van der Waals surface area contributed by atoms with E-state index in [1.807, 2.05) is 6.07 Å². The fourth-order valence-electron chi connectivity index (χ4n) is 2.66. The third-order valence-electron chi connectivity index (χ3n) is 3.99. The first-order valence-corrected chi connectivity index (χ1v) is 7.43. The molecule has 1 amide bonds. The van der Waals surface area contributed by atoms with Gasteiger partial charge in [0.05, 0.1) is 6.26 Å². The van der Waals surface area contributed by atoms with Crippen LogP contribution in [0.25, 0.3) is 0 Å². The third-order valence-corrected chi connectivity index (χ3v) is 3.99. The molecule has 2 aromatic rings. The highest BCUT2D eigenvalue weighted by atomic mass is 19.4. The summed E-state index contributed by atoms with van der Waals surface area (Å²) in [5.41, 5.74) is 0.945. The van der Waals surface area contributed by atoms with Crippen LogP contribution in [0.5, 0.6) is 0 Å². The number of para-hydroxylation sites is 1. The molecular weight excluding hydrogens is 307 g/mol. The first kappa shape index (κ1) is 15.6. The Balaban J connectivity index is 1.63. The number of nitrogens with one attached hydrogen (secondary N) is 1. The van der Waals surface area contributed by atoms with E-state index in [9.17, 15) is 18.0 Å². The second-order valence-corrected chi connectivity index (χ2v) is 5.73. The zero-order chi connectivity index (χ0) is 16.4. The quantitative estimate of drug-likeness (QED) is 0.879. The molecule has 1 saturated carbocycles. The van der Waals surface area contributed by atoms with Crippen LogP contribution in [0.2, 0.25) is 0 Å². The summed E-state index contributed by atoms with van der Waals surface area (Å²) in [4.78, 5) is 12.3. The summed E-state index contributed by atoms with van der Waals surface area (Å²) in [6.07, 6.45) is -3.00. The van der Waals surface area contributed by atoms with E-state index in [2.05, 4.69) is 5.32 Å². The molecule has 3 nitrogen and oxygen atoms in total. The Hall–Kier alpha value is -2.24. The summed E-state index contributed by atoms with van der Waals surface area (Å²) < 4.78 is 42.4. The van der Waals surface area contributed by atoms with Gasteiger partial charge in [0.25, 0.3) is 0 Å². The molecule has 1 aromatic heterocycles. The van der Waals surface area contributed by atoms with Crippen LogP contribution in [-0.4, -0.2) is 12.1 Å². The van der Waals surface area contributed by atoms with Gasteiger partial charge in [-0.1, -0.05) is 18.2 Å². The van der Waals surface area contributed by atoms with Crippen LogP contribution in [-0.2, 0) is 11.2 Å². The Morgan fingerprint density at radius 2 is 2.00 bits per heavy atom. The maximum absolute atomic E-state index is 12.4. The lowest BCUT2D eigenvalue weighted by Crippen LogP contribution is -2.16. The molecule has 2 atom stereocenters. The molecule has 122 valence electrons. The van der Waals surface area contributed by atoms with Gasteiger partial charge in [0.1, 0.15) is 5.76 Å².